The van der Waals surface area contributed by atoms with Gasteiger partial charge < -0.3 is 24.8 Å². The van der Waals surface area contributed by atoms with Gasteiger partial charge in [-0.15, -0.1) is 0 Å². The van der Waals surface area contributed by atoms with E-state index in [1.54, 1.807) is 0 Å². The van der Waals surface area contributed by atoms with Gasteiger partial charge in [-0.1, -0.05) is 0 Å². The molecule has 0 saturated carbocycles. The molecule has 6 heteroatoms. The molecule has 2 aliphatic rings. The van der Waals surface area contributed by atoms with Crippen LogP contribution < -0.4 is 28.1 Å². The third-order valence-electron chi connectivity index (χ3n) is 6.11. The van der Waals surface area contributed by atoms with E-state index in [-0.39, 0.29) is 24.8 Å². The summed E-state index contributed by atoms with van der Waals surface area (Å²) in [6.45, 7) is 0. The van der Waals surface area contributed by atoms with Crippen molar-refractivity contribution in [1.82, 2.24) is 4.98 Å². The van der Waals surface area contributed by atoms with Gasteiger partial charge in [0.25, 0.3) is 0 Å². The quantitative estimate of drug-likeness (QED) is 0.292. The average Bonchev–Trinajstić information content (AvgIpc) is 3.28. The van der Waals surface area contributed by atoms with Gasteiger partial charge in [0.05, 0.1) is 0 Å². The minimum absolute atomic E-state index is 0. The molecule has 0 atom stereocenters. The Morgan fingerprint density at radius 2 is 1.48 bits per heavy atom. The molecule has 4 aromatic rings. The standard InChI is InChI=1S/C13H9.C12H7BrN.2ClH.S.Zr/c1-3-7-12-10(5-1)9-11-6-2-4-8-13(11)12;13-10-1-2-11-9(6-10)5-8-3-4-14-7-12(8)11;;;;/h1-9H;1,3-4,6-7H,5H2;2*1H;;/q;;;;;+2/p-2. The van der Waals surface area contributed by atoms with Gasteiger partial charge in [-0.25, -0.2) is 0 Å². The molecule has 152 valence electrons. The molecule has 0 saturated heterocycles. The van der Waals surface area contributed by atoms with Gasteiger partial charge in [-0.05, 0) is 0 Å². The SMILES string of the molecule is [Cl-].[Cl-].[S]=[Zr+2]([c]1cc(Br)cc2c1-c1cnccc1C2)[CH]1c2ccccc2-c2ccccc21. The number of rotatable bonds is 2. The Balaban J connectivity index is 0.00000116. The zero-order chi connectivity index (χ0) is 19.5. The fourth-order valence-corrected chi connectivity index (χ4v) is 13.8. The van der Waals surface area contributed by atoms with E-state index in [4.69, 9.17) is 8.86 Å². The molecule has 0 amide bonds. The first-order valence-corrected chi connectivity index (χ1v) is 16.6. The summed E-state index contributed by atoms with van der Waals surface area (Å²) in [5.41, 5.74) is 11.0. The summed E-state index contributed by atoms with van der Waals surface area (Å²) in [6, 6.07) is 24.4. The van der Waals surface area contributed by atoms with Crippen LogP contribution in [-0.4, -0.2) is 4.98 Å². The molecule has 2 aliphatic carbocycles. The van der Waals surface area contributed by atoms with Gasteiger partial charge in [-0.2, -0.15) is 0 Å². The van der Waals surface area contributed by atoms with Crippen molar-refractivity contribution in [3.05, 3.63) is 106 Å². The molecular formula is C25H16BrCl2NSZr. The summed E-state index contributed by atoms with van der Waals surface area (Å²) in [5.74, 6) is 0. The topological polar surface area (TPSA) is 12.9 Å². The summed E-state index contributed by atoms with van der Waals surface area (Å²) < 4.78 is 2.95. The number of nitrogens with zero attached hydrogens (tertiary/aromatic N) is 1. The van der Waals surface area contributed by atoms with Crippen molar-refractivity contribution in [2.24, 2.45) is 0 Å². The van der Waals surface area contributed by atoms with Crippen molar-refractivity contribution in [2.75, 3.05) is 0 Å². The van der Waals surface area contributed by atoms with Crippen molar-refractivity contribution in [2.45, 2.75) is 10.0 Å². The Morgan fingerprint density at radius 3 is 2.16 bits per heavy atom. The van der Waals surface area contributed by atoms with Crippen LogP contribution in [0.2, 0.25) is 0 Å². The Morgan fingerprint density at radius 1 is 0.839 bits per heavy atom. The molecule has 31 heavy (non-hydrogen) atoms. The second-order valence-corrected chi connectivity index (χ2v) is 15.7. The Bertz CT molecular complexity index is 1300. The van der Waals surface area contributed by atoms with Crippen LogP contribution in [0, 0.1) is 0 Å². The second-order valence-electron chi connectivity index (χ2n) is 7.67. The van der Waals surface area contributed by atoms with Crippen LogP contribution >= 0.6 is 24.8 Å². The molecule has 0 fully saturated rings. The van der Waals surface area contributed by atoms with E-state index in [1.807, 2.05) is 12.4 Å². The van der Waals surface area contributed by atoms with E-state index in [0.29, 0.717) is 3.63 Å². The Labute approximate surface area is 213 Å². The van der Waals surface area contributed by atoms with Crippen LogP contribution in [0.4, 0.5) is 0 Å². The molecule has 0 N–H and O–H groups in total. The van der Waals surface area contributed by atoms with Crippen LogP contribution in [0.25, 0.3) is 22.3 Å². The molecule has 0 spiro atoms. The summed E-state index contributed by atoms with van der Waals surface area (Å²) in [4.78, 5) is 4.42. The van der Waals surface area contributed by atoms with Crippen molar-refractivity contribution in [1.29, 1.82) is 0 Å². The van der Waals surface area contributed by atoms with E-state index < -0.39 is 19.7 Å². The number of fused-ring (bicyclic) bond motifs is 6. The molecule has 1 nitrogen and oxygen atoms in total. The van der Waals surface area contributed by atoms with Gasteiger partial charge in [-0.3, -0.25) is 0 Å². The zero-order valence-corrected chi connectivity index (χ0v) is 22.7. The number of hydrogen-bond acceptors (Lipinski definition) is 2. The van der Waals surface area contributed by atoms with Crippen molar-refractivity contribution < 1.29 is 44.5 Å². The minimum atomic E-state index is -2.52. The van der Waals surface area contributed by atoms with E-state index in [9.17, 15) is 0 Å². The normalized spacial score (nSPS) is 12.4. The van der Waals surface area contributed by atoms with Crippen molar-refractivity contribution in [3.8, 4) is 22.3 Å². The van der Waals surface area contributed by atoms with Crippen LogP contribution in [-0.2, 0) is 26.1 Å². The number of benzene rings is 3. The molecule has 3 aromatic carbocycles. The zero-order valence-electron chi connectivity index (χ0n) is 16.3. The van der Waals surface area contributed by atoms with Crippen LogP contribution in [0.15, 0.2) is 83.6 Å². The number of hydrogen-bond donors (Lipinski definition) is 0. The predicted molar refractivity (Wildman–Crippen MR) is 121 cm³/mol. The maximum absolute atomic E-state index is 6.50. The first-order chi connectivity index (χ1) is 14.2. The Kier molecular flexibility index (Phi) is 6.78. The summed E-state index contributed by atoms with van der Waals surface area (Å²) >= 11 is 1.26. The van der Waals surface area contributed by atoms with Gasteiger partial charge in [0, 0.05) is 0 Å². The van der Waals surface area contributed by atoms with E-state index in [0.717, 1.165) is 10.9 Å². The van der Waals surface area contributed by atoms with Gasteiger partial charge in [0.2, 0.25) is 0 Å². The summed E-state index contributed by atoms with van der Waals surface area (Å²) in [5, 5.41) is 0. The van der Waals surface area contributed by atoms with Crippen LogP contribution in [0.3, 0.4) is 0 Å². The molecule has 0 bridgehead atoms. The van der Waals surface area contributed by atoms with E-state index >= 15 is 0 Å². The van der Waals surface area contributed by atoms with E-state index in [1.165, 1.54) is 47.8 Å². The first kappa shape index (κ1) is 23.1. The molecule has 1 heterocycles. The fraction of sp³-hybridized carbons (Fsp3) is 0.0800. The van der Waals surface area contributed by atoms with Crippen molar-refractivity contribution in [3.63, 3.8) is 0 Å². The van der Waals surface area contributed by atoms with Gasteiger partial charge in [0.15, 0.2) is 0 Å². The monoisotopic (exact) mass is 601 g/mol. The van der Waals surface area contributed by atoms with Crippen LogP contribution in [0.1, 0.15) is 25.9 Å². The number of aromatic nitrogens is 1. The fourth-order valence-electron chi connectivity index (χ4n) is 4.92. The third kappa shape index (κ3) is 3.65. The first-order valence-electron chi connectivity index (χ1n) is 9.70. The van der Waals surface area contributed by atoms with Crippen LogP contribution in [0.5, 0.6) is 0 Å². The third-order valence-corrected chi connectivity index (χ3v) is 14.4. The van der Waals surface area contributed by atoms with E-state index in [2.05, 4.69) is 87.6 Å². The van der Waals surface area contributed by atoms with Gasteiger partial charge >= 0.3 is 191 Å². The number of pyridine rings is 1. The predicted octanol–water partition coefficient (Wildman–Crippen LogP) is 0.549. The Hall–Kier alpha value is -1.03. The summed E-state index contributed by atoms with van der Waals surface area (Å²) in [7, 11) is 6.50. The number of halogens is 3. The molecule has 1 aromatic heterocycles. The summed E-state index contributed by atoms with van der Waals surface area (Å²) in [6.07, 6.45) is 4.90. The molecule has 6 rings (SSSR count). The molecular weight excluding hydrogens is 588 g/mol. The average molecular weight is 605 g/mol. The molecule has 0 unspecified atom stereocenters. The molecule has 0 radical (unpaired) electrons. The van der Waals surface area contributed by atoms with Crippen molar-refractivity contribution >= 4 is 28.1 Å². The second kappa shape index (κ2) is 9.08. The van der Waals surface area contributed by atoms with Gasteiger partial charge in [0.1, 0.15) is 0 Å². The maximum atomic E-state index is 6.50. The molecule has 0 aliphatic heterocycles.